The van der Waals surface area contributed by atoms with Crippen molar-refractivity contribution >= 4 is 27.2 Å². The first-order chi connectivity index (χ1) is 12.2. The van der Waals surface area contributed by atoms with Crippen molar-refractivity contribution in [1.82, 2.24) is 4.98 Å². The molecule has 2 aromatic rings. The van der Waals surface area contributed by atoms with Gasteiger partial charge in [-0.3, -0.25) is 4.79 Å². The number of pyridine rings is 1. The van der Waals surface area contributed by atoms with Crippen LogP contribution in [0.25, 0.3) is 0 Å². The number of sulfone groups is 1. The Kier molecular flexibility index (Phi) is 4.86. The number of carbonyl (C=O) groups is 1. The highest BCUT2D eigenvalue weighted by molar-refractivity contribution is 7.91. The first-order valence-corrected chi connectivity index (χ1v) is 9.45. The topological polar surface area (TPSA) is 88.2 Å². The normalized spacial score (nSPS) is 18.5. The van der Waals surface area contributed by atoms with E-state index in [1.165, 1.54) is 18.3 Å². The van der Waals surface area contributed by atoms with Crippen LogP contribution in [-0.4, -0.2) is 36.9 Å². The molecule has 0 bridgehead atoms. The van der Waals surface area contributed by atoms with Gasteiger partial charge in [0.15, 0.2) is 27.3 Å². The van der Waals surface area contributed by atoms with Gasteiger partial charge in [-0.25, -0.2) is 26.6 Å². The van der Waals surface area contributed by atoms with Gasteiger partial charge in [0.2, 0.25) is 0 Å². The number of rotatable bonds is 4. The highest BCUT2D eigenvalue weighted by Crippen LogP contribution is 2.21. The van der Waals surface area contributed by atoms with E-state index in [9.17, 15) is 26.4 Å². The summed E-state index contributed by atoms with van der Waals surface area (Å²) in [5.74, 6) is -4.94. The lowest BCUT2D eigenvalue weighted by molar-refractivity contribution is 0.102. The fourth-order valence-electron chi connectivity index (χ4n) is 2.59. The van der Waals surface area contributed by atoms with Gasteiger partial charge in [-0.05, 0) is 30.7 Å². The predicted molar refractivity (Wildman–Crippen MR) is 89.2 cm³/mol. The predicted octanol–water partition coefficient (Wildman–Crippen LogP) is 2.35. The van der Waals surface area contributed by atoms with Crippen LogP contribution in [0.15, 0.2) is 30.5 Å². The second kappa shape index (κ2) is 6.94. The highest BCUT2D eigenvalue weighted by atomic mass is 32.2. The third-order valence-corrected chi connectivity index (χ3v) is 5.66. The molecule has 2 heterocycles. The van der Waals surface area contributed by atoms with Crippen molar-refractivity contribution < 1.29 is 26.4 Å². The molecule has 1 aliphatic heterocycles. The third kappa shape index (κ3) is 3.96. The maximum absolute atomic E-state index is 13.6. The van der Waals surface area contributed by atoms with Crippen LogP contribution in [0.1, 0.15) is 16.8 Å². The van der Waals surface area contributed by atoms with Gasteiger partial charge in [0.05, 0.1) is 17.2 Å². The van der Waals surface area contributed by atoms with Gasteiger partial charge in [0, 0.05) is 17.8 Å². The van der Waals surface area contributed by atoms with Gasteiger partial charge < -0.3 is 10.6 Å². The number of nitrogens with one attached hydrogen (secondary N) is 2. The summed E-state index contributed by atoms with van der Waals surface area (Å²) in [5.41, 5.74) is -0.408. The van der Waals surface area contributed by atoms with Crippen LogP contribution in [0.3, 0.4) is 0 Å². The molecular formula is C16H14F3N3O3S. The minimum atomic E-state index is -3.07. The Labute approximate surface area is 147 Å². The molecule has 1 atom stereocenters. The van der Waals surface area contributed by atoms with Crippen molar-refractivity contribution in [3.63, 3.8) is 0 Å². The van der Waals surface area contributed by atoms with Crippen molar-refractivity contribution in [3.05, 3.63) is 53.5 Å². The lowest BCUT2D eigenvalue weighted by Gasteiger charge is -2.12. The zero-order valence-corrected chi connectivity index (χ0v) is 14.1. The summed E-state index contributed by atoms with van der Waals surface area (Å²) in [5, 5.41) is 5.09. The molecule has 1 aromatic heterocycles. The Morgan fingerprint density at radius 1 is 1.15 bits per heavy atom. The maximum atomic E-state index is 13.6. The number of anilines is 2. The summed E-state index contributed by atoms with van der Waals surface area (Å²) >= 11 is 0. The van der Waals surface area contributed by atoms with Crippen LogP contribution in [-0.2, 0) is 9.84 Å². The number of carbonyl (C=O) groups excluding carboxylic acids is 1. The van der Waals surface area contributed by atoms with Gasteiger partial charge in [-0.15, -0.1) is 0 Å². The SMILES string of the molecule is O=C(Nc1ccc(F)c(F)c1F)c1ccnc(NC2CCS(=O)(=O)C2)c1. The van der Waals surface area contributed by atoms with Gasteiger partial charge in [-0.2, -0.15) is 0 Å². The van der Waals surface area contributed by atoms with E-state index in [4.69, 9.17) is 0 Å². The molecule has 1 fully saturated rings. The molecule has 3 rings (SSSR count). The average Bonchev–Trinajstić information content (AvgIpc) is 2.94. The maximum Gasteiger partial charge on any atom is 0.255 e. The molecule has 2 N–H and O–H groups in total. The molecule has 0 aliphatic carbocycles. The van der Waals surface area contributed by atoms with Crippen LogP contribution >= 0.6 is 0 Å². The Bertz CT molecular complexity index is 966. The van der Waals surface area contributed by atoms with E-state index < -0.39 is 38.9 Å². The number of hydrogen-bond donors (Lipinski definition) is 2. The smallest absolute Gasteiger partial charge is 0.255 e. The Morgan fingerprint density at radius 2 is 1.92 bits per heavy atom. The van der Waals surface area contributed by atoms with Crippen LogP contribution < -0.4 is 10.6 Å². The zero-order valence-electron chi connectivity index (χ0n) is 13.3. The third-order valence-electron chi connectivity index (χ3n) is 3.89. The Hall–Kier alpha value is -2.62. The summed E-state index contributed by atoms with van der Waals surface area (Å²) in [6.07, 6.45) is 1.75. The minimum Gasteiger partial charge on any atom is -0.366 e. The summed E-state index contributed by atoms with van der Waals surface area (Å²) in [6.45, 7) is 0. The highest BCUT2D eigenvalue weighted by Gasteiger charge is 2.28. The molecule has 6 nitrogen and oxygen atoms in total. The number of amides is 1. The van der Waals surface area contributed by atoms with Crippen molar-refractivity contribution in [2.75, 3.05) is 22.1 Å². The molecule has 1 aliphatic rings. The van der Waals surface area contributed by atoms with Gasteiger partial charge >= 0.3 is 0 Å². The standard InChI is InChI=1S/C16H14F3N3O3S/c17-11-1-2-12(15(19)14(11)18)22-16(23)9-3-5-20-13(7-9)21-10-4-6-26(24,25)8-10/h1-3,5,7,10H,4,6,8H2,(H,20,21)(H,22,23). The molecule has 1 saturated heterocycles. The molecule has 26 heavy (non-hydrogen) atoms. The fraction of sp³-hybridized carbons (Fsp3) is 0.250. The number of halogens is 3. The van der Waals surface area contributed by atoms with Crippen molar-refractivity contribution in [2.24, 2.45) is 0 Å². The quantitative estimate of drug-likeness (QED) is 0.789. The van der Waals surface area contributed by atoms with E-state index in [-0.39, 0.29) is 28.9 Å². The van der Waals surface area contributed by atoms with E-state index in [1.807, 2.05) is 0 Å². The Balaban J connectivity index is 1.74. The molecule has 1 unspecified atom stereocenters. The molecule has 1 amide bonds. The second-order valence-electron chi connectivity index (χ2n) is 5.85. The largest absolute Gasteiger partial charge is 0.366 e. The number of benzene rings is 1. The Morgan fingerprint density at radius 3 is 2.62 bits per heavy atom. The second-order valence-corrected chi connectivity index (χ2v) is 8.08. The minimum absolute atomic E-state index is 0.0226. The summed E-state index contributed by atoms with van der Waals surface area (Å²) in [7, 11) is -3.07. The van der Waals surface area contributed by atoms with Crippen molar-refractivity contribution in [3.8, 4) is 0 Å². The number of aromatic nitrogens is 1. The zero-order chi connectivity index (χ0) is 18.9. The summed E-state index contributed by atoms with van der Waals surface area (Å²) in [6, 6.07) is 4.01. The van der Waals surface area contributed by atoms with E-state index >= 15 is 0 Å². The molecule has 1 aromatic carbocycles. The van der Waals surface area contributed by atoms with Crippen LogP contribution in [0.2, 0.25) is 0 Å². The molecule has 0 spiro atoms. The fourth-order valence-corrected chi connectivity index (χ4v) is 4.26. The van der Waals surface area contributed by atoms with E-state index in [1.54, 1.807) is 0 Å². The van der Waals surface area contributed by atoms with Gasteiger partial charge in [0.1, 0.15) is 5.82 Å². The average molecular weight is 385 g/mol. The summed E-state index contributed by atoms with van der Waals surface area (Å²) < 4.78 is 62.8. The molecule has 0 radical (unpaired) electrons. The number of nitrogens with zero attached hydrogens (tertiary/aromatic N) is 1. The molecule has 138 valence electrons. The van der Waals surface area contributed by atoms with Crippen LogP contribution in [0.4, 0.5) is 24.7 Å². The molecular weight excluding hydrogens is 371 g/mol. The van der Waals surface area contributed by atoms with E-state index in [0.717, 1.165) is 6.07 Å². The summed E-state index contributed by atoms with van der Waals surface area (Å²) in [4.78, 5) is 16.2. The van der Waals surface area contributed by atoms with Gasteiger partial charge in [-0.1, -0.05) is 0 Å². The lowest BCUT2D eigenvalue weighted by Crippen LogP contribution is -2.21. The lowest BCUT2D eigenvalue weighted by atomic mass is 10.2. The van der Waals surface area contributed by atoms with Crippen LogP contribution in [0, 0.1) is 17.5 Å². The van der Waals surface area contributed by atoms with E-state index in [2.05, 4.69) is 15.6 Å². The van der Waals surface area contributed by atoms with E-state index in [0.29, 0.717) is 12.5 Å². The number of hydrogen-bond acceptors (Lipinski definition) is 5. The monoisotopic (exact) mass is 385 g/mol. The molecule has 0 saturated carbocycles. The van der Waals surface area contributed by atoms with Gasteiger partial charge in [0.25, 0.3) is 5.91 Å². The van der Waals surface area contributed by atoms with Crippen molar-refractivity contribution in [2.45, 2.75) is 12.5 Å². The molecule has 10 heteroatoms. The van der Waals surface area contributed by atoms with Crippen LogP contribution in [0.5, 0.6) is 0 Å². The first-order valence-electron chi connectivity index (χ1n) is 7.63. The first kappa shape index (κ1) is 18.2. The van der Waals surface area contributed by atoms with Crippen molar-refractivity contribution in [1.29, 1.82) is 0 Å².